The predicted molar refractivity (Wildman–Crippen MR) is 72.1 cm³/mol. The molecule has 1 amide bonds. The first-order chi connectivity index (χ1) is 9.04. The molecule has 0 N–H and O–H groups in total. The number of amides is 1. The third-order valence-corrected chi connectivity index (χ3v) is 3.31. The second-order valence-electron chi connectivity index (χ2n) is 4.70. The van der Waals surface area contributed by atoms with Crippen molar-refractivity contribution in [3.63, 3.8) is 0 Å². The van der Waals surface area contributed by atoms with Crippen molar-refractivity contribution in [2.45, 2.75) is 20.3 Å². The standard InChI is InChI=1S/C15H18FNO2/c1-4-19-11-6-7-12(13(16)9-11)14-8-5-10(2)15(18)17(14)3/h6-10H,4-5H2,1-3H3. The second-order valence-corrected chi connectivity index (χ2v) is 4.70. The van der Waals surface area contributed by atoms with Gasteiger partial charge in [-0.15, -0.1) is 0 Å². The van der Waals surface area contributed by atoms with Crippen LogP contribution in [0.2, 0.25) is 0 Å². The van der Waals surface area contributed by atoms with Gasteiger partial charge < -0.3 is 9.64 Å². The highest BCUT2D eigenvalue weighted by molar-refractivity contribution is 5.90. The minimum atomic E-state index is -0.369. The van der Waals surface area contributed by atoms with Crippen molar-refractivity contribution in [2.24, 2.45) is 5.92 Å². The number of hydrogen-bond acceptors (Lipinski definition) is 2. The Balaban J connectivity index is 2.34. The highest BCUT2D eigenvalue weighted by Gasteiger charge is 2.26. The fraction of sp³-hybridized carbons (Fsp3) is 0.400. The Hall–Kier alpha value is -1.84. The normalized spacial score (nSPS) is 19.4. The van der Waals surface area contributed by atoms with E-state index < -0.39 is 0 Å². The molecule has 0 aliphatic carbocycles. The van der Waals surface area contributed by atoms with E-state index in [1.54, 1.807) is 19.2 Å². The van der Waals surface area contributed by atoms with E-state index in [-0.39, 0.29) is 17.6 Å². The Labute approximate surface area is 112 Å². The van der Waals surface area contributed by atoms with Gasteiger partial charge in [-0.25, -0.2) is 4.39 Å². The second kappa shape index (κ2) is 5.43. The molecule has 102 valence electrons. The van der Waals surface area contributed by atoms with Gasteiger partial charge in [0, 0.05) is 30.3 Å². The summed E-state index contributed by atoms with van der Waals surface area (Å²) in [6.45, 7) is 4.22. The minimum Gasteiger partial charge on any atom is -0.494 e. The monoisotopic (exact) mass is 263 g/mol. The van der Waals surface area contributed by atoms with Crippen molar-refractivity contribution in [2.75, 3.05) is 13.7 Å². The largest absolute Gasteiger partial charge is 0.494 e. The highest BCUT2D eigenvalue weighted by atomic mass is 19.1. The summed E-state index contributed by atoms with van der Waals surface area (Å²) >= 11 is 0. The number of rotatable bonds is 3. The molecule has 0 spiro atoms. The fourth-order valence-corrected chi connectivity index (χ4v) is 2.23. The summed E-state index contributed by atoms with van der Waals surface area (Å²) in [5, 5.41) is 0. The van der Waals surface area contributed by atoms with E-state index in [2.05, 4.69) is 0 Å². The number of allylic oxidation sites excluding steroid dienone is 1. The zero-order valence-corrected chi connectivity index (χ0v) is 11.4. The Morgan fingerprint density at radius 2 is 2.21 bits per heavy atom. The smallest absolute Gasteiger partial charge is 0.229 e. The predicted octanol–water partition coefficient (Wildman–Crippen LogP) is 3.06. The van der Waals surface area contributed by atoms with Crippen LogP contribution in [0.25, 0.3) is 5.70 Å². The molecule has 1 aromatic rings. The van der Waals surface area contributed by atoms with Crippen molar-refractivity contribution in [1.82, 2.24) is 4.90 Å². The van der Waals surface area contributed by atoms with Crippen LogP contribution in [0, 0.1) is 11.7 Å². The lowest BCUT2D eigenvalue weighted by Gasteiger charge is -2.28. The zero-order valence-electron chi connectivity index (χ0n) is 11.4. The van der Waals surface area contributed by atoms with Gasteiger partial charge in [-0.1, -0.05) is 13.0 Å². The van der Waals surface area contributed by atoms with Gasteiger partial charge in [0.05, 0.1) is 6.61 Å². The third-order valence-electron chi connectivity index (χ3n) is 3.31. The van der Waals surface area contributed by atoms with Gasteiger partial charge in [-0.2, -0.15) is 0 Å². The summed E-state index contributed by atoms with van der Waals surface area (Å²) in [6, 6.07) is 4.74. The number of carbonyl (C=O) groups excluding carboxylic acids is 1. The van der Waals surface area contributed by atoms with Crippen LogP contribution in [0.5, 0.6) is 5.75 Å². The molecular weight excluding hydrogens is 245 g/mol. The number of nitrogens with zero attached hydrogens (tertiary/aromatic N) is 1. The molecule has 0 radical (unpaired) electrons. The molecule has 4 heteroatoms. The number of halogens is 1. The topological polar surface area (TPSA) is 29.5 Å². The Morgan fingerprint density at radius 3 is 2.84 bits per heavy atom. The minimum absolute atomic E-state index is 0.0192. The maximum absolute atomic E-state index is 14.1. The van der Waals surface area contributed by atoms with E-state index >= 15 is 0 Å². The highest BCUT2D eigenvalue weighted by Crippen LogP contribution is 2.30. The molecule has 0 aromatic heterocycles. The Morgan fingerprint density at radius 1 is 1.47 bits per heavy atom. The molecular formula is C15H18FNO2. The van der Waals surface area contributed by atoms with E-state index in [0.29, 0.717) is 30.0 Å². The molecule has 1 heterocycles. The molecule has 0 fully saturated rings. The number of carbonyl (C=O) groups is 1. The summed E-state index contributed by atoms with van der Waals surface area (Å²) in [6.07, 6.45) is 2.55. The van der Waals surface area contributed by atoms with E-state index in [1.165, 1.54) is 11.0 Å². The van der Waals surface area contributed by atoms with E-state index in [0.717, 1.165) is 0 Å². The Bertz CT molecular complexity index is 525. The summed E-state index contributed by atoms with van der Waals surface area (Å²) in [7, 11) is 1.68. The van der Waals surface area contributed by atoms with E-state index in [1.807, 2.05) is 19.9 Å². The van der Waals surface area contributed by atoms with Gasteiger partial charge in [0.2, 0.25) is 5.91 Å². The molecule has 1 unspecified atom stereocenters. The molecule has 0 saturated carbocycles. The van der Waals surface area contributed by atoms with Crippen LogP contribution < -0.4 is 4.74 Å². The van der Waals surface area contributed by atoms with Crippen molar-refractivity contribution in [1.29, 1.82) is 0 Å². The number of hydrogen-bond donors (Lipinski definition) is 0. The molecule has 1 aliphatic rings. The SMILES string of the molecule is CCOc1ccc(C2=CCC(C)C(=O)N2C)c(F)c1. The van der Waals surface area contributed by atoms with Gasteiger partial charge in [-0.05, 0) is 25.5 Å². The summed E-state index contributed by atoms with van der Waals surface area (Å²) in [4.78, 5) is 13.4. The van der Waals surface area contributed by atoms with Crippen LogP contribution >= 0.6 is 0 Å². The van der Waals surface area contributed by atoms with Crippen molar-refractivity contribution in [3.8, 4) is 5.75 Å². The first-order valence-corrected chi connectivity index (χ1v) is 6.45. The lowest BCUT2D eigenvalue weighted by molar-refractivity contribution is -0.131. The quantitative estimate of drug-likeness (QED) is 0.838. The van der Waals surface area contributed by atoms with Crippen LogP contribution in [0.4, 0.5) is 4.39 Å². The van der Waals surface area contributed by atoms with E-state index in [9.17, 15) is 9.18 Å². The van der Waals surface area contributed by atoms with Crippen LogP contribution in [0.1, 0.15) is 25.8 Å². The molecule has 1 aromatic carbocycles. The van der Waals surface area contributed by atoms with Crippen LogP contribution in [0.3, 0.4) is 0 Å². The Kier molecular flexibility index (Phi) is 3.88. The number of ether oxygens (including phenoxy) is 1. The molecule has 2 rings (SSSR count). The first-order valence-electron chi connectivity index (χ1n) is 6.45. The summed E-state index contributed by atoms with van der Waals surface area (Å²) in [5.41, 5.74) is 1.06. The molecule has 0 saturated heterocycles. The van der Waals surface area contributed by atoms with Gasteiger partial charge >= 0.3 is 0 Å². The molecule has 1 aliphatic heterocycles. The third kappa shape index (κ3) is 2.62. The van der Waals surface area contributed by atoms with Crippen LogP contribution in [-0.4, -0.2) is 24.5 Å². The molecule has 19 heavy (non-hydrogen) atoms. The summed E-state index contributed by atoms with van der Waals surface area (Å²) < 4.78 is 19.4. The van der Waals surface area contributed by atoms with Gasteiger partial charge in [-0.3, -0.25) is 4.79 Å². The van der Waals surface area contributed by atoms with E-state index in [4.69, 9.17) is 4.74 Å². The average Bonchev–Trinajstić information content (AvgIpc) is 2.38. The van der Waals surface area contributed by atoms with Crippen molar-refractivity contribution < 1.29 is 13.9 Å². The lowest BCUT2D eigenvalue weighted by Crippen LogP contribution is -2.33. The molecule has 3 nitrogen and oxygen atoms in total. The van der Waals surface area contributed by atoms with Crippen LogP contribution in [-0.2, 0) is 4.79 Å². The van der Waals surface area contributed by atoms with Gasteiger partial charge in [0.15, 0.2) is 0 Å². The summed E-state index contributed by atoms with van der Waals surface area (Å²) in [5.74, 6) is 0.110. The van der Waals surface area contributed by atoms with Gasteiger partial charge in [0.1, 0.15) is 11.6 Å². The number of benzene rings is 1. The van der Waals surface area contributed by atoms with Gasteiger partial charge in [0.25, 0.3) is 0 Å². The lowest BCUT2D eigenvalue weighted by atomic mass is 9.97. The first kappa shape index (κ1) is 13.6. The fourth-order valence-electron chi connectivity index (χ4n) is 2.23. The maximum atomic E-state index is 14.1. The maximum Gasteiger partial charge on any atom is 0.229 e. The average molecular weight is 263 g/mol. The molecule has 0 bridgehead atoms. The van der Waals surface area contributed by atoms with Crippen molar-refractivity contribution in [3.05, 3.63) is 35.7 Å². The zero-order chi connectivity index (χ0) is 14.0. The molecule has 1 atom stereocenters. The van der Waals surface area contributed by atoms with Crippen LogP contribution in [0.15, 0.2) is 24.3 Å². The van der Waals surface area contributed by atoms with Crippen molar-refractivity contribution >= 4 is 11.6 Å².